The van der Waals surface area contributed by atoms with E-state index in [2.05, 4.69) is 87.4 Å². The van der Waals surface area contributed by atoms with Crippen molar-refractivity contribution in [2.24, 2.45) is 0 Å². The second-order valence-corrected chi connectivity index (χ2v) is 11.0. The van der Waals surface area contributed by atoms with Gasteiger partial charge in [-0.2, -0.15) is 0 Å². The van der Waals surface area contributed by atoms with E-state index in [1.54, 1.807) is 4.90 Å². The van der Waals surface area contributed by atoms with Gasteiger partial charge in [0.2, 0.25) is 0 Å². The van der Waals surface area contributed by atoms with Crippen molar-refractivity contribution < 1.29 is 4.79 Å². The Morgan fingerprint density at radius 2 is 1.63 bits per heavy atom. The molecule has 170 valence electrons. The van der Waals surface area contributed by atoms with E-state index in [1.807, 2.05) is 36.4 Å². The van der Waals surface area contributed by atoms with E-state index in [0.717, 1.165) is 33.2 Å². The summed E-state index contributed by atoms with van der Waals surface area (Å²) in [7, 11) is 0. The molecule has 2 heterocycles. The molecule has 5 aromatic rings. The van der Waals surface area contributed by atoms with E-state index in [9.17, 15) is 4.79 Å². The average molecular weight is 556 g/mol. The van der Waals surface area contributed by atoms with Crippen molar-refractivity contribution in [1.82, 2.24) is 4.57 Å². The molecule has 0 spiro atoms. The molecule has 6 rings (SSSR count). The molecular weight excluding hydrogens is 536 g/mol. The van der Waals surface area contributed by atoms with E-state index in [-0.39, 0.29) is 5.91 Å². The number of para-hydroxylation sites is 1. The van der Waals surface area contributed by atoms with E-state index in [1.165, 1.54) is 28.1 Å². The predicted molar refractivity (Wildman–Crippen MR) is 155 cm³/mol. The first-order chi connectivity index (χ1) is 17.1. The highest BCUT2D eigenvalue weighted by Gasteiger charge is 2.33. The van der Waals surface area contributed by atoms with Crippen LogP contribution in [0, 0.1) is 0 Å². The summed E-state index contributed by atoms with van der Waals surface area (Å²) >= 11 is 10.4. The molecule has 1 amide bonds. The largest absolute Gasteiger partial charge is 0.342 e. The van der Waals surface area contributed by atoms with Crippen molar-refractivity contribution in [2.75, 3.05) is 4.90 Å². The monoisotopic (exact) mass is 554 g/mol. The third-order valence-electron chi connectivity index (χ3n) is 6.15. The van der Waals surface area contributed by atoms with Crippen LogP contribution in [0.4, 0.5) is 5.69 Å². The van der Waals surface area contributed by atoms with Gasteiger partial charge in [0.05, 0.1) is 10.6 Å². The second kappa shape index (κ2) is 9.11. The third-order valence-corrected chi connectivity index (χ3v) is 7.98. The Kier molecular flexibility index (Phi) is 5.80. The average Bonchev–Trinajstić information content (AvgIpc) is 3.36. The van der Waals surface area contributed by atoms with Crippen molar-refractivity contribution >= 4 is 83.6 Å². The minimum Gasteiger partial charge on any atom is -0.342 e. The topological polar surface area (TPSA) is 25.2 Å². The first-order valence-corrected chi connectivity index (χ1v) is 13.2. The molecule has 3 nitrogen and oxygen atoms in total. The SMILES string of the molecule is O=C1/C(=C/c2cn(Cc3ccc4ccccc4c3)c3ccccc23)SC(=S)N1c1ccc(Br)cc1. The minimum atomic E-state index is -0.0892. The van der Waals surface area contributed by atoms with E-state index < -0.39 is 0 Å². The molecule has 0 atom stereocenters. The molecule has 0 radical (unpaired) electrons. The molecule has 1 aromatic heterocycles. The van der Waals surface area contributed by atoms with Gasteiger partial charge in [0.1, 0.15) is 0 Å². The number of amides is 1. The van der Waals surface area contributed by atoms with Crippen molar-refractivity contribution in [3.63, 3.8) is 0 Å². The summed E-state index contributed by atoms with van der Waals surface area (Å²) in [5.74, 6) is -0.0892. The lowest BCUT2D eigenvalue weighted by atomic mass is 10.1. The molecule has 4 aromatic carbocycles. The first-order valence-electron chi connectivity index (χ1n) is 11.2. The highest BCUT2D eigenvalue weighted by atomic mass is 79.9. The van der Waals surface area contributed by atoms with Gasteiger partial charge in [-0.3, -0.25) is 9.69 Å². The number of fused-ring (bicyclic) bond motifs is 2. The van der Waals surface area contributed by atoms with Crippen LogP contribution in [0.2, 0.25) is 0 Å². The number of halogens is 1. The van der Waals surface area contributed by atoms with Crippen LogP contribution >= 0.6 is 39.9 Å². The summed E-state index contributed by atoms with van der Waals surface area (Å²) < 4.78 is 3.76. The molecule has 0 saturated carbocycles. The number of thiocarbonyl (C=S) groups is 1. The maximum atomic E-state index is 13.3. The number of anilines is 1. The number of hydrogen-bond acceptors (Lipinski definition) is 3. The fraction of sp³-hybridized carbons (Fsp3) is 0.0345. The highest BCUT2D eigenvalue weighted by Crippen LogP contribution is 2.37. The molecule has 0 aliphatic carbocycles. The number of carbonyl (C=O) groups excluding carboxylic acids is 1. The molecule has 1 aliphatic rings. The second-order valence-electron chi connectivity index (χ2n) is 8.40. The number of nitrogens with zero attached hydrogens (tertiary/aromatic N) is 2. The number of benzene rings is 4. The summed E-state index contributed by atoms with van der Waals surface area (Å²) in [6, 6.07) is 30.9. The zero-order chi connectivity index (χ0) is 23.9. The van der Waals surface area contributed by atoms with E-state index in [0.29, 0.717) is 9.23 Å². The number of carbonyl (C=O) groups is 1. The highest BCUT2D eigenvalue weighted by molar-refractivity contribution is 9.10. The maximum Gasteiger partial charge on any atom is 0.270 e. The Balaban J connectivity index is 1.36. The molecule has 6 heteroatoms. The number of thioether (sulfide) groups is 1. The van der Waals surface area contributed by atoms with Crippen LogP contribution in [-0.2, 0) is 11.3 Å². The number of aromatic nitrogens is 1. The fourth-order valence-electron chi connectivity index (χ4n) is 4.48. The zero-order valence-electron chi connectivity index (χ0n) is 18.5. The molecule has 1 aliphatic heterocycles. The molecule has 0 unspecified atom stereocenters. The quantitative estimate of drug-likeness (QED) is 0.166. The van der Waals surface area contributed by atoms with Crippen LogP contribution in [0.1, 0.15) is 11.1 Å². The number of rotatable bonds is 4. The smallest absolute Gasteiger partial charge is 0.270 e. The summed E-state index contributed by atoms with van der Waals surface area (Å²) in [4.78, 5) is 15.5. The summed E-state index contributed by atoms with van der Waals surface area (Å²) in [6.07, 6.45) is 4.10. The fourth-order valence-corrected chi connectivity index (χ4v) is 6.03. The Morgan fingerprint density at radius 3 is 2.46 bits per heavy atom. The standard InChI is InChI=1S/C29H19BrN2OS2/c30-23-11-13-24(14-12-23)32-28(33)27(35-29(32)34)16-22-18-31(26-8-4-3-7-25(22)26)17-19-9-10-20-5-1-2-6-21(20)15-19/h1-16,18H,17H2/b27-16-. The van der Waals surface area contributed by atoms with Gasteiger partial charge in [-0.1, -0.05) is 94.5 Å². The van der Waals surface area contributed by atoms with Crippen LogP contribution in [-0.4, -0.2) is 14.8 Å². The summed E-state index contributed by atoms with van der Waals surface area (Å²) in [5.41, 5.74) is 4.16. The van der Waals surface area contributed by atoms with Gasteiger partial charge in [0, 0.05) is 33.7 Å². The van der Waals surface area contributed by atoms with Gasteiger partial charge in [0.15, 0.2) is 4.32 Å². The van der Waals surface area contributed by atoms with Gasteiger partial charge < -0.3 is 4.57 Å². The van der Waals surface area contributed by atoms with Gasteiger partial charge in [-0.15, -0.1) is 0 Å². The zero-order valence-corrected chi connectivity index (χ0v) is 21.7. The minimum absolute atomic E-state index is 0.0892. The maximum absolute atomic E-state index is 13.3. The van der Waals surface area contributed by atoms with Crippen molar-refractivity contribution in [1.29, 1.82) is 0 Å². The Bertz CT molecular complexity index is 1650. The van der Waals surface area contributed by atoms with Crippen LogP contribution < -0.4 is 4.90 Å². The summed E-state index contributed by atoms with van der Waals surface area (Å²) in [5, 5.41) is 3.59. The lowest BCUT2D eigenvalue weighted by Crippen LogP contribution is -2.27. The van der Waals surface area contributed by atoms with Gasteiger partial charge >= 0.3 is 0 Å². The Labute approximate surface area is 221 Å². The van der Waals surface area contributed by atoms with Crippen molar-refractivity contribution in [3.05, 3.63) is 118 Å². The van der Waals surface area contributed by atoms with E-state index >= 15 is 0 Å². The molecule has 0 N–H and O–H groups in total. The molecular formula is C29H19BrN2OS2. The first kappa shape index (κ1) is 22.3. The predicted octanol–water partition coefficient (Wildman–Crippen LogP) is 8.01. The van der Waals surface area contributed by atoms with Crippen LogP contribution in [0.25, 0.3) is 27.8 Å². The van der Waals surface area contributed by atoms with Crippen LogP contribution in [0.5, 0.6) is 0 Å². The normalized spacial score (nSPS) is 15.1. The van der Waals surface area contributed by atoms with Crippen LogP contribution in [0.15, 0.2) is 107 Å². The Morgan fingerprint density at radius 1 is 0.886 bits per heavy atom. The third kappa shape index (κ3) is 4.22. The lowest BCUT2D eigenvalue weighted by Gasteiger charge is -2.14. The van der Waals surface area contributed by atoms with Crippen molar-refractivity contribution in [3.8, 4) is 0 Å². The molecule has 1 saturated heterocycles. The number of hydrogen-bond donors (Lipinski definition) is 0. The van der Waals surface area contributed by atoms with Gasteiger partial charge in [-0.05, 0) is 58.8 Å². The molecule has 0 bridgehead atoms. The lowest BCUT2D eigenvalue weighted by molar-refractivity contribution is -0.113. The van der Waals surface area contributed by atoms with Gasteiger partial charge in [0.25, 0.3) is 5.91 Å². The van der Waals surface area contributed by atoms with E-state index in [4.69, 9.17) is 12.2 Å². The molecule has 1 fully saturated rings. The Hall–Kier alpha value is -3.19. The van der Waals surface area contributed by atoms with Crippen molar-refractivity contribution in [2.45, 2.75) is 6.54 Å². The van der Waals surface area contributed by atoms with Crippen LogP contribution in [0.3, 0.4) is 0 Å². The molecule has 35 heavy (non-hydrogen) atoms. The summed E-state index contributed by atoms with van der Waals surface area (Å²) in [6.45, 7) is 0.749. The van der Waals surface area contributed by atoms with Gasteiger partial charge in [-0.25, -0.2) is 0 Å².